The molecule has 0 spiro atoms. The monoisotopic (exact) mass is 410 g/mol. The predicted molar refractivity (Wildman–Crippen MR) is 107 cm³/mol. The Hall–Kier alpha value is -1.93. The summed E-state index contributed by atoms with van der Waals surface area (Å²) in [4.78, 5) is 25.7. The highest BCUT2D eigenvalue weighted by Gasteiger charge is 2.58. The van der Waals surface area contributed by atoms with Gasteiger partial charge in [0.1, 0.15) is 0 Å². The van der Waals surface area contributed by atoms with Gasteiger partial charge in [0.25, 0.3) is 0 Å². The number of benzene rings is 1. The van der Waals surface area contributed by atoms with Crippen molar-refractivity contribution in [2.45, 2.75) is 52.1 Å². The molecule has 1 amide bonds. The van der Waals surface area contributed by atoms with Crippen molar-refractivity contribution in [2.75, 3.05) is 12.4 Å². The van der Waals surface area contributed by atoms with Gasteiger partial charge in [-0.1, -0.05) is 63.9 Å². The molecule has 0 radical (unpaired) electrons. The van der Waals surface area contributed by atoms with Crippen molar-refractivity contribution in [3.63, 3.8) is 0 Å². The molecule has 1 aromatic carbocycles. The van der Waals surface area contributed by atoms with Gasteiger partial charge in [-0.3, -0.25) is 10.5 Å². The van der Waals surface area contributed by atoms with Gasteiger partial charge in [0.2, 0.25) is 21.6 Å². The second-order valence-electron chi connectivity index (χ2n) is 7.54. The molecule has 28 heavy (non-hydrogen) atoms. The molecule has 0 aromatic heterocycles. The highest BCUT2D eigenvalue weighted by molar-refractivity contribution is 7.89. The van der Waals surface area contributed by atoms with Crippen molar-refractivity contribution in [3.8, 4) is 0 Å². The summed E-state index contributed by atoms with van der Waals surface area (Å²) in [5.74, 6) is -3.07. The summed E-state index contributed by atoms with van der Waals surface area (Å²) >= 11 is 0. The van der Waals surface area contributed by atoms with Crippen LogP contribution in [0.15, 0.2) is 30.3 Å². The van der Waals surface area contributed by atoms with Gasteiger partial charge >= 0.3 is 5.97 Å². The molecule has 8 heteroatoms. The van der Waals surface area contributed by atoms with Crippen LogP contribution < -0.4 is 5.73 Å². The second-order valence-corrected chi connectivity index (χ2v) is 9.48. The molecule has 2 N–H and O–H groups in total. The van der Waals surface area contributed by atoms with Crippen molar-refractivity contribution < 1.29 is 22.7 Å². The van der Waals surface area contributed by atoms with E-state index in [2.05, 4.69) is 0 Å². The maximum absolute atomic E-state index is 13.3. The standard InChI is InChI=1S/C20H30N2O5S/c1-4-5-9-12-28(25,26)22(20(21)16(3)14-27-19(20)24)18(23)15(2)13-17-10-7-6-8-11-17/h6-8,10-11,15-16H,4-5,9,12-14,21H2,1-3H3/t15?,16-,20+/m1/s1. The van der Waals surface area contributed by atoms with Crippen LogP contribution >= 0.6 is 0 Å². The summed E-state index contributed by atoms with van der Waals surface area (Å²) in [7, 11) is -4.08. The Balaban J connectivity index is 2.37. The number of cyclic esters (lactones) is 1. The molecule has 3 atom stereocenters. The molecule has 1 aliphatic rings. The number of carbonyl (C=O) groups excluding carboxylic acids is 2. The van der Waals surface area contributed by atoms with E-state index in [4.69, 9.17) is 10.5 Å². The zero-order chi connectivity index (χ0) is 20.9. The largest absolute Gasteiger partial charge is 0.462 e. The van der Waals surface area contributed by atoms with E-state index in [0.29, 0.717) is 23.6 Å². The van der Waals surface area contributed by atoms with E-state index in [0.717, 1.165) is 12.0 Å². The van der Waals surface area contributed by atoms with Crippen molar-refractivity contribution in [1.82, 2.24) is 4.31 Å². The van der Waals surface area contributed by atoms with Gasteiger partial charge in [-0.2, -0.15) is 0 Å². The molecule has 1 heterocycles. The highest BCUT2D eigenvalue weighted by atomic mass is 32.2. The minimum Gasteiger partial charge on any atom is -0.462 e. The molecular weight excluding hydrogens is 380 g/mol. The molecule has 0 bridgehead atoms. The van der Waals surface area contributed by atoms with Crippen LogP contribution in [0.2, 0.25) is 0 Å². The number of unbranched alkanes of at least 4 members (excludes halogenated alkanes) is 2. The van der Waals surface area contributed by atoms with Crippen LogP contribution in [0.1, 0.15) is 45.6 Å². The van der Waals surface area contributed by atoms with E-state index in [1.807, 2.05) is 37.3 Å². The average Bonchev–Trinajstić information content (AvgIpc) is 2.90. The lowest BCUT2D eigenvalue weighted by molar-refractivity contribution is -0.152. The SMILES string of the molecule is CCCCCS(=O)(=O)N(C(=O)C(C)Cc1ccccc1)[C@]1(N)C(=O)OC[C@H]1C. The number of carbonyl (C=O) groups is 2. The molecule has 1 fully saturated rings. The molecule has 1 aliphatic heterocycles. The first kappa shape index (κ1) is 22.4. The van der Waals surface area contributed by atoms with Crippen LogP contribution in [0.25, 0.3) is 0 Å². The quantitative estimate of drug-likeness (QED) is 0.379. The van der Waals surface area contributed by atoms with Crippen LogP contribution in [-0.4, -0.2) is 42.6 Å². The van der Waals surface area contributed by atoms with Crippen molar-refractivity contribution in [1.29, 1.82) is 0 Å². The number of nitrogens with zero attached hydrogens (tertiary/aromatic N) is 1. The summed E-state index contributed by atoms with van der Waals surface area (Å²) < 4.78 is 31.8. The molecular formula is C20H30N2O5S. The molecule has 1 saturated heterocycles. The fourth-order valence-electron chi connectivity index (χ4n) is 3.36. The van der Waals surface area contributed by atoms with Gasteiger partial charge in [-0.15, -0.1) is 0 Å². The second kappa shape index (κ2) is 9.05. The lowest BCUT2D eigenvalue weighted by Gasteiger charge is -2.37. The number of rotatable bonds is 9. The Bertz CT molecular complexity index is 796. The highest BCUT2D eigenvalue weighted by Crippen LogP contribution is 2.32. The Labute approximate surface area is 167 Å². The molecule has 0 aliphatic carbocycles. The van der Waals surface area contributed by atoms with Gasteiger partial charge in [-0.25, -0.2) is 17.5 Å². The third-order valence-corrected chi connectivity index (χ3v) is 7.01. The van der Waals surface area contributed by atoms with Gasteiger partial charge in [0, 0.05) is 11.8 Å². The van der Waals surface area contributed by atoms with E-state index >= 15 is 0 Å². The van der Waals surface area contributed by atoms with Crippen LogP contribution in [0.5, 0.6) is 0 Å². The van der Waals surface area contributed by atoms with Gasteiger partial charge in [0.05, 0.1) is 12.4 Å². The molecule has 156 valence electrons. The Kier molecular flexibility index (Phi) is 7.22. The maximum atomic E-state index is 13.3. The van der Waals surface area contributed by atoms with Crippen molar-refractivity contribution >= 4 is 21.9 Å². The topological polar surface area (TPSA) is 107 Å². The molecule has 7 nitrogen and oxygen atoms in total. The van der Waals surface area contributed by atoms with Gasteiger partial charge < -0.3 is 4.74 Å². The smallest absolute Gasteiger partial charge is 0.348 e. The van der Waals surface area contributed by atoms with E-state index in [9.17, 15) is 18.0 Å². The zero-order valence-corrected chi connectivity index (χ0v) is 17.6. The first-order valence-corrected chi connectivity index (χ1v) is 11.3. The number of nitrogens with two attached hydrogens (primary N) is 1. The fourth-order valence-corrected chi connectivity index (χ4v) is 5.28. The Morgan fingerprint density at radius 3 is 2.50 bits per heavy atom. The minimum atomic E-state index is -4.08. The van der Waals surface area contributed by atoms with E-state index in [1.54, 1.807) is 13.8 Å². The third kappa shape index (κ3) is 4.55. The Morgan fingerprint density at radius 1 is 1.32 bits per heavy atom. The summed E-state index contributed by atoms with van der Waals surface area (Å²) in [6, 6.07) is 9.31. The lowest BCUT2D eigenvalue weighted by atomic mass is 9.95. The minimum absolute atomic E-state index is 0.0172. The summed E-state index contributed by atoms with van der Waals surface area (Å²) in [6.45, 7) is 5.21. The fraction of sp³-hybridized carbons (Fsp3) is 0.600. The van der Waals surface area contributed by atoms with Gasteiger partial charge in [-0.05, 0) is 18.4 Å². The normalized spacial score (nSPS) is 23.3. The van der Waals surface area contributed by atoms with E-state index in [-0.39, 0.29) is 12.4 Å². The van der Waals surface area contributed by atoms with E-state index in [1.165, 1.54) is 0 Å². The van der Waals surface area contributed by atoms with Crippen LogP contribution in [-0.2, 0) is 30.8 Å². The van der Waals surface area contributed by atoms with Crippen molar-refractivity contribution in [3.05, 3.63) is 35.9 Å². The number of ether oxygens (including phenoxy) is 1. The van der Waals surface area contributed by atoms with Crippen LogP contribution in [0, 0.1) is 11.8 Å². The Morgan fingerprint density at radius 2 is 1.96 bits per heavy atom. The third-order valence-electron chi connectivity index (χ3n) is 5.17. The van der Waals surface area contributed by atoms with Crippen LogP contribution in [0.3, 0.4) is 0 Å². The number of hydrogen-bond acceptors (Lipinski definition) is 6. The maximum Gasteiger partial charge on any atom is 0.348 e. The predicted octanol–water partition coefficient (Wildman–Crippen LogP) is 2.06. The summed E-state index contributed by atoms with van der Waals surface area (Å²) in [5, 5.41) is 0. The number of esters is 1. The first-order valence-electron chi connectivity index (χ1n) is 9.71. The lowest BCUT2D eigenvalue weighted by Crippen LogP contribution is -2.67. The summed E-state index contributed by atoms with van der Waals surface area (Å²) in [6.07, 6.45) is 2.29. The molecule has 1 unspecified atom stereocenters. The van der Waals surface area contributed by atoms with Crippen LogP contribution in [0.4, 0.5) is 0 Å². The number of sulfonamides is 1. The van der Waals surface area contributed by atoms with E-state index < -0.39 is 39.4 Å². The number of hydrogen-bond donors (Lipinski definition) is 1. The molecule has 0 saturated carbocycles. The zero-order valence-electron chi connectivity index (χ0n) is 16.8. The molecule has 1 aromatic rings. The average molecular weight is 411 g/mol. The van der Waals surface area contributed by atoms with Gasteiger partial charge in [0.15, 0.2) is 0 Å². The molecule has 2 rings (SSSR count). The summed E-state index contributed by atoms with van der Waals surface area (Å²) in [5.41, 5.74) is 5.16. The number of amides is 1. The van der Waals surface area contributed by atoms with Crippen molar-refractivity contribution in [2.24, 2.45) is 17.6 Å². The first-order chi connectivity index (χ1) is 13.1.